The minimum absolute atomic E-state index is 0.132. The van der Waals surface area contributed by atoms with Gasteiger partial charge in [-0.2, -0.15) is 0 Å². The van der Waals surface area contributed by atoms with Gasteiger partial charge < -0.3 is 4.90 Å². The SMILES string of the molecule is CN(c1ncc(F)cn1)C1CCCCC1Cl. The van der Waals surface area contributed by atoms with Crippen LogP contribution in [-0.4, -0.2) is 28.4 Å². The van der Waals surface area contributed by atoms with Crippen LogP contribution in [-0.2, 0) is 0 Å². The van der Waals surface area contributed by atoms with Crippen molar-refractivity contribution in [3.63, 3.8) is 0 Å². The molecule has 0 amide bonds. The van der Waals surface area contributed by atoms with Crippen LogP contribution in [0.5, 0.6) is 0 Å². The molecule has 0 aliphatic heterocycles. The number of rotatable bonds is 2. The van der Waals surface area contributed by atoms with Crippen LogP contribution in [0, 0.1) is 5.82 Å². The van der Waals surface area contributed by atoms with Crippen molar-refractivity contribution >= 4 is 17.5 Å². The molecule has 0 aromatic carbocycles. The molecule has 1 fully saturated rings. The van der Waals surface area contributed by atoms with Crippen LogP contribution >= 0.6 is 11.6 Å². The Balaban J connectivity index is 2.11. The van der Waals surface area contributed by atoms with Gasteiger partial charge in [0.2, 0.25) is 5.95 Å². The minimum Gasteiger partial charge on any atom is -0.339 e. The van der Waals surface area contributed by atoms with Gasteiger partial charge in [-0.3, -0.25) is 0 Å². The third-order valence-corrected chi connectivity index (χ3v) is 3.58. The Kier molecular flexibility index (Phi) is 3.59. The molecule has 1 aliphatic rings. The van der Waals surface area contributed by atoms with E-state index in [1.54, 1.807) is 0 Å². The van der Waals surface area contributed by atoms with Crippen molar-refractivity contribution in [2.75, 3.05) is 11.9 Å². The van der Waals surface area contributed by atoms with Crippen molar-refractivity contribution < 1.29 is 4.39 Å². The molecular formula is C11H15ClFN3. The number of hydrogen-bond donors (Lipinski definition) is 0. The molecule has 5 heteroatoms. The van der Waals surface area contributed by atoms with Crippen LogP contribution in [0.15, 0.2) is 12.4 Å². The lowest BCUT2D eigenvalue weighted by atomic mass is 9.94. The fraction of sp³-hybridized carbons (Fsp3) is 0.636. The van der Waals surface area contributed by atoms with E-state index in [4.69, 9.17) is 11.6 Å². The smallest absolute Gasteiger partial charge is 0.225 e. The molecule has 1 aromatic heterocycles. The Bertz CT molecular complexity index is 344. The van der Waals surface area contributed by atoms with Crippen LogP contribution in [0.3, 0.4) is 0 Å². The number of alkyl halides is 1. The maximum atomic E-state index is 12.7. The molecule has 0 spiro atoms. The highest BCUT2D eigenvalue weighted by atomic mass is 35.5. The van der Waals surface area contributed by atoms with Crippen LogP contribution in [0.4, 0.5) is 10.3 Å². The van der Waals surface area contributed by atoms with Crippen molar-refractivity contribution in [2.24, 2.45) is 0 Å². The van der Waals surface area contributed by atoms with Gasteiger partial charge in [-0.1, -0.05) is 12.8 Å². The van der Waals surface area contributed by atoms with Gasteiger partial charge in [0.25, 0.3) is 0 Å². The molecule has 1 aromatic rings. The van der Waals surface area contributed by atoms with E-state index < -0.39 is 5.82 Å². The molecule has 1 heterocycles. The van der Waals surface area contributed by atoms with Crippen molar-refractivity contribution in [2.45, 2.75) is 37.1 Å². The highest BCUT2D eigenvalue weighted by Crippen LogP contribution is 2.28. The lowest BCUT2D eigenvalue weighted by molar-refractivity contribution is 0.430. The number of hydrogen-bond acceptors (Lipinski definition) is 3. The van der Waals surface area contributed by atoms with E-state index in [1.807, 2.05) is 11.9 Å². The molecule has 2 unspecified atom stereocenters. The Morgan fingerprint density at radius 2 is 1.94 bits per heavy atom. The molecule has 0 radical (unpaired) electrons. The lowest BCUT2D eigenvalue weighted by Gasteiger charge is -2.34. The standard InChI is InChI=1S/C11H15ClFN3/c1-16(10-5-3-2-4-9(10)12)11-14-6-8(13)7-15-11/h6-7,9-10H,2-5H2,1H3. The highest BCUT2D eigenvalue weighted by molar-refractivity contribution is 6.21. The summed E-state index contributed by atoms with van der Waals surface area (Å²) in [5.41, 5.74) is 0. The second-order valence-electron chi connectivity index (χ2n) is 4.18. The average Bonchev–Trinajstić information content (AvgIpc) is 2.30. The van der Waals surface area contributed by atoms with E-state index >= 15 is 0 Å². The summed E-state index contributed by atoms with van der Waals surface area (Å²) in [4.78, 5) is 9.89. The van der Waals surface area contributed by atoms with Gasteiger partial charge in [0.15, 0.2) is 5.82 Å². The van der Waals surface area contributed by atoms with Crippen LogP contribution in [0.1, 0.15) is 25.7 Å². The summed E-state index contributed by atoms with van der Waals surface area (Å²) in [6.45, 7) is 0. The van der Waals surface area contributed by atoms with Gasteiger partial charge in [0, 0.05) is 13.1 Å². The summed E-state index contributed by atoms with van der Waals surface area (Å²) in [7, 11) is 1.92. The topological polar surface area (TPSA) is 29.0 Å². The summed E-state index contributed by atoms with van der Waals surface area (Å²) in [6.07, 6.45) is 6.81. The molecule has 0 saturated heterocycles. The van der Waals surface area contributed by atoms with Crippen molar-refractivity contribution in [1.82, 2.24) is 9.97 Å². The zero-order valence-electron chi connectivity index (χ0n) is 9.24. The normalized spacial score (nSPS) is 25.4. The Morgan fingerprint density at radius 3 is 2.56 bits per heavy atom. The zero-order valence-corrected chi connectivity index (χ0v) is 9.99. The Morgan fingerprint density at radius 1 is 1.31 bits per heavy atom. The van der Waals surface area contributed by atoms with Gasteiger partial charge in [-0.15, -0.1) is 11.6 Å². The maximum absolute atomic E-state index is 12.7. The first-order valence-electron chi connectivity index (χ1n) is 5.53. The van der Waals surface area contributed by atoms with Crippen LogP contribution in [0.25, 0.3) is 0 Å². The molecule has 1 saturated carbocycles. The second-order valence-corrected chi connectivity index (χ2v) is 4.74. The molecule has 1 aliphatic carbocycles. The lowest BCUT2D eigenvalue weighted by Crippen LogP contribution is -2.41. The Hall–Kier alpha value is -0.900. The average molecular weight is 244 g/mol. The van der Waals surface area contributed by atoms with E-state index in [9.17, 15) is 4.39 Å². The summed E-state index contributed by atoms with van der Waals surface area (Å²) in [5.74, 6) is 0.127. The van der Waals surface area contributed by atoms with Crippen molar-refractivity contribution in [3.8, 4) is 0 Å². The van der Waals surface area contributed by atoms with Gasteiger partial charge in [-0.05, 0) is 12.8 Å². The number of anilines is 1. The molecule has 0 N–H and O–H groups in total. The summed E-state index contributed by atoms with van der Waals surface area (Å²) in [6, 6.07) is 0.251. The van der Waals surface area contributed by atoms with Crippen molar-refractivity contribution in [3.05, 3.63) is 18.2 Å². The maximum Gasteiger partial charge on any atom is 0.225 e. The first-order valence-corrected chi connectivity index (χ1v) is 5.96. The van der Waals surface area contributed by atoms with E-state index in [0.29, 0.717) is 5.95 Å². The number of nitrogens with zero attached hydrogens (tertiary/aromatic N) is 3. The molecule has 88 valence electrons. The molecule has 2 rings (SSSR count). The van der Waals surface area contributed by atoms with E-state index in [1.165, 1.54) is 25.2 Å². The van der Waals surface area contributed by atoms with Crippen LogP contribution < -0.4 is 4.90 Å². The summed E-state index contributed by atoms with van der Waals surface area (Å²) < 4.78 is 12.7. The zero-order chi connectivity index (χ0) is 11.5. The minimum atomic E-state index is -0.414. The Labute approximate surface area is 99.6 Å². The molecule has 0 bridgehead atoms. The van der Waals surface area contributed by atoms with Gasteiger partial charge in [0.05, 0.1) is 17.8 Å². The fourth-order valence-electron chi connectivity index (χ4n) is 2.14. The third-order valence-electron chi connectivity index (χ3n) is 3.07. The first-order chi connectivity index (χ1) is 7.68. The summed E-state index contributed by atoms with van der Waals surface area (Å²) in [5, 5.41) is 0.132. The quantitative estimate of drug-likeness (QED) is 0.748. The molecular weight excluding hydrogens is 229 g/mol. The van der Waals surface area contributed by atoms with E-state index in [-0.39, 0.29) is 11.4 Å². The highest BCUT2D eigenvalue weighted by Gasteiger charge is 2.27. The predicted octanol–water partition coefficient (Wildman–Crippen LogP) is 2.60. The molecule has 2 atom stereocenters. The van der Waals surface area contributed by atoms with Crippen LogP contribution in [0.2, 0.25) is 0 Å². The largest absolute Gasteiger partial charge is 0.339 e. The number of halogens is 2. The second kappa shape index (κ2) is 4.95. The fourth-order valence-corrected chi connectivity index (χ4v) is 2.59. The first kappa shape index (κ1) is 11.6. The predicted molar refractivity (Wildman–Crippen MR) is 62.3 cm³/mol. The van der Waals surface area contributed by atoms with E-state index in [0.717, 1.165) is 12.8 Å². The van der Waals surface area contributed by atoms with Gasteiger partial charge in [0.1, 0.15) is 0 Å². The molecule has 3 nitrogen and oxygen atoms in total. The monoisotopic (exact) mass is 243 g/mol. The number of aromatic nitrogens is 2. The molecule has 16 heavy (non-hydrogen) atoms. The van der Waals surface area contributed by atoms with Crippen molar-refractivity contribution in [1.29, 1.82) is 0 Å². The summed E-state index contributed by atoms with van der Waals surface area (Å²) >= 11 is 6.29. The van der Waals surface area contributed by atoms with E-state index in [2.05, 4.69) is 9.97 Å². The van der Waals surface area contributed by atoms with Gasteiger partial charge in [-0.25, -0.2) is 14.4 Å². The van der Waals surface area contributed by atoms with Gasteiger partial charge >= 0.3 is 0 Å². The third kappa shape index (κ3) is 2.43.